The van der Waals surface area contributed by atoms with Gasteiger partial charge in [-0.3, -0.25) is 0 Å². The number of rotatable bonds is 5. The lowest BCUT2D eigenvalue weighted by atomic mass is 10.4. The Morgan fingerprint density at radius 3 is 3.21 bits per heavy atom. The van der Waals surface area contributed by atoms with Gasteiger partial charge in [0.15, 0.2) is 0 Å². The maximum absolute atomic E-state index is 4.03. The third kappa shape index (κ3) is 2.53. The number of aromatic nitrogens is 4. The number of imidazole rings is 1. The van der Waals surface area contributed by atoms with E-state index in [1.165, 1.54) is 11.5 Å². The number of anilines is 1. The van der Waals surface area contributed by atoms with Gasteiger partial charge in [-0.1, -0.05) is 0 Å². The summed E-state index contributed by atoms with van der Waals surface area (Å²) in [5.41, 5.74) is 0. The Labute approximate surface area is 86.0 Å². The highest BCUT2D eigenvalue weighted by molar-refractivity contribution is 7.09. The minimum Gasteiger partial charge on any atom is -0.360 e. The summed E-state index contributed by atoms with van der Waals surface area (Å²) in [7, 11) is 0. The zero-order valence-electron chi connectivity index (χ0n) is 7.63. The van der Waals surface area contributed by atoms with Crippen LogP contribution in [0.3, 0.4) is 0 Å². The molecule has 6 heteroatoms. The summed E-state index contributed by atoms with van der Waals surface area (Å²) in [6.45, 7) is 1.89. The summed E-state index contributed by atoms with van der Waals surface area (Å²) >= 11 is 1.38. The van der Waals surface area contributed by atoms with E-state index in [9.17, 15) is 0 Å². The molecule has 0 aliphatic carbocycles. The molecule has 0 saturated carbocycles. The van der Waals surface area contributed by atoms with Gasteiger partial charge in [0.1, 0.15) is 6.33 Å². The largest absolute Gasteiger partial charge is 0.360 e. The monoisotopic (exact) mass is 209 g/mol. The Hall–Kier alpha value is -1.43. The van der Waals surface area contributed by atoms with E-state index in [0.29, 0.717) is 0 Å². The maximum atomic E-state index is 4.03. The average Bonchev–Trinajstić information content (AvgIpc) is 2.86. The molecule has 0 saturated heterocycles. The van der Waals surface area contributed by atoms with Gasteiger partial charge >= 0.3 is 0 Å². The molecule has 0 spiro atoms. The van der Waals surface area contributed by atoms with Crippen LogP contribution < -0.4 is 5.32 Å². The summed E-state index contributed by atoms with van der Waals surface area (Å²) in [4.78, 5) is 8.00. The van der Waals surface area contributed by atoms with Crippen LogP contribution in [0.15, 0.2) is 25.0 Å². The van der Waals surface area contributed by atoms with Gasteiger partial charge in [0.2, 0.25) is 5.13 Å². The summed E-state index contributed by atoms with van der Waals surface area (Å²) in [6, 6.07) is 0. The number of aryl methyl sites for hydroxylation is 1. The van der Waals surface area contributed by atoms with E-state index in [1.807, 2.05) is 12.5 Å². The fourth-order valence-electron chi connectivity index (χ4n) is 1.13. The second kappa shape index (κ2) is 4.71. The molecule has 1 N–H and O–H groups in total. The Morgan fingerprint density at radius 2 is 2.50 bits per heavy atom. The van der Waals surface area contributed by atoms with E-state index in [1.54, 1.807) is 12.5 Å². The van der Waals surface area contributed by atoms with E-state index >= 15 is 0 Å². The van der Waals surface area contributed by atoms with Crippen LogP contribution >= 0.6 is 11.5 Å². The zero-order chi connectivity index (χ0) is 9.64. The lowest BCUT2D eigenvalue weighted by molar-refractivity contribution is 0.660. The predicted molar refractivity (Wildman–Crippen MR) is 55.2 cm³/mol. The van der Waals surface area contributed by atoms with Crippen LogP contribution in [0.25, 0.3) is 0 Å². The van der Waals surface area contributed by atoms with Gasteiger partial charge in [-0.15, -0.1) is 0 Å². The molecule has 0 fully saturated rings. The molecule has 0 amide bonds. The molecule has 14 heavy (non-hydrogen) atoms. The van der Waals surface area contributed by atoms with Crippen LogP contribution in [0.2, 0.25) is 0 Å². The molecular formula is C8H11N5S. The van der Waals surface area contributed by atoms with Crippen LogP contribution in [0, 0.1) is 0 Å². The van der Waals surface area contributed by atoms with Crippen LogP contribution in [0.5, 0.6) is 0 Å². The predicted octanol–water partition coefficient (Wildman–Crippen LogP) is 1.24. The summed E-state index contributed by atoms with van der Waals surface area (Å²) in [5.74, 6) is 0. The highest BCUT2D eigenvalue weighted by Crippen LogP contribution is 2.05. The highest BCUT2D eigenvalue weighted by atomic mass is 32.1. The van der Waals surface area contributed by atoms with E-state index < -0.39 is 0 Å². The molecule has 0 bridgehead atoms. The first-order valence-electron chi connectivity index (χ1n) is 4.41. The fraction of sp³-hybridized carbons (Fsp3) is 0.375. The third-order valence-corrected chi connectivity index (χ3v) is 2.41. The summed E-state index contributed by atoms with van der Waals surface area (Å²) in [6.07, 6.45) is 8.19. The van der Waals surface area contributed by atoms with Crippen LogP contribution in [0.4, 0.5) is 5.13 Å². The number of nitrogens with one attached hydrogen (secondary N) is 1. The number of hydrogen-bond acceptors (Lipinski definition) is 5. The first-order chi connectivity index (χ1) is 6.95. The fourth-order valence-corrected chi connectivity index (χ4v) is 1.58. The molecule has 5 nitrogen and oxygen atoms in total. The molecule has 0 atom stereocenters. The summed E-state index contributed by atoms with van der Waals surface area (Å²) < 4.78 is 5.96. The van der Waals surface area contributed by atoms with Crippen molar-refractivity contribution in [3.05, 3.63) is 25.0 Å². The van der Waals surface area contributed by atoms with Crippen molar-refractivity contribution < 1.29 is 0 Å². The lowest BCUT2D eigenvalue weighted by Crippen LogP contribution is -2.05. The first-order valence-corrected chi connectivity index (χ1v) is 5.19. The van der Waals surface area contributed by atoms with Crippen LogP contribution in [0.1, 0.15) is 6.42 Å². The van der Waals surface area contributed by atoms with Gasteiger partial charge < -0.3 is 9.88 Å². The van der Waals surface area contributed by atoms with Crippen molar-refractivity contribution in [1.82, 2.24) is 18.9 Å². The molecule has 2 heterocycles. The third-order valence-electron chi connectivity index (χ3n) is 1.79. The molecule has 0 aliphatic rings. The van der Waals surface area contributed by atoms with Crippen molar-refractivity contribution in [2.24, 2.45) is 0 Å². The van der Waals surface area contributed by atoms with E-state index in [4.69, 9.17) is 0 Å². The van der Waals surface area contributed by atoms with Gasteiger partial charge in [0.25, 0.3) is 0 Å². The second-order valence-electron chi connectivity index (χ2n) is 2.83. The van der Waals surface area contributed by atoms with Crippen molar-refractivity contribution >= 4 is 16.7 Å². The molecule has 0 aromatic carbocycles. The molecule has 0 radical (unpaired) electrons. The minimum absolute atomic E-state index is 0.885. The van der Waals surface area contributed by atoms with Gasteiger partial charge in [-0.2, -0.15) is 4.37 Å². The Bertz CT molecular complexity index is 305. The van der Waals surface area contributed by atoms with Crippen LogP contribution in [-0.4, -0.2) is 25.5 Å². The molecule has 2 rings (SSSR count). The number of nitrogens with zero attached hydrogens (tertiary/aromatic N) is 4. The molecular weight excluding hydrogens is 198 g/mol. The average molecular weight is 209 g/mol. The normalized spacial score (nSPS) is 10.3. The lowest BCUT2D eigenvalue weighted by Gasteiger charge is -2.02. The Balaban J connectivity index is 1.65. The minimum atomic E-state index is 0.885. The quantitative estimate of drug-likeness (QED) is 0.753. The smallest absolute Gasteiger partial charge is 0.202 e. The molecule has 2 aromatic rings. The molecule has 74 valence electrons. The van der Waals surface area contributed by atoms with Gasteiger partial charge in [-0.05, 0) is 6.42 Å². The topological polar surface area (TPSA) is 55.6 Å². The van der Waals surface area contributed by atoms with Crippen molar-refractivity contribution in [2.75, 3.05) is 11.9 Å². The van der Waals surface area contributed by atoms with Crippen LogP contribution in [-0.2, 0) is 6.54 Å². The Morgan fingerprint density at radius 1 is 1.50 bits per heavy atom. The first kappa shape index (κ1) is 9.14. The van der Waals surface area contributed by atoms with Crippen molar-refractivity contribution in [1.29, 1.82) is 0 Å². The highest BCUT2D eigenvalue weighted by Gasteiger charge is 1.94. The van der Waals surface area contributed by atoms with Crippen molar-refractivity contribution in [2.45, 2.75) is 13.0 Å². The standard InChI is InChI=1S/C8H11N5S/c1(4-13-5-3-9-7-13)2-10-8-11-6-12-14-8/h3,5-7H,1-2,4H2,(H,10,11,12). The van der Waals surface area contributed by atoms with Crippen molar-refractivity contribution in [3.8, 4) is 0 Å². The maximum Gasteiger partial charge on any atom is 0.202 e. The van der Waals surface area contributed by atoms with Crippen molar-refractivity contribution in [3.63, 3.8) is 0 Å². The molecule has 0 unspecified atom stereocenters. The molecule has 2 aromatic heterocycles. The molecule has 0 aliphatic heterocycles. The summed E-state index contributed by atoms with van der Waals surface area (Å²) in [5, 5.41) is 4.08. The van der Waals surface area contributed by atoms with E-state index in [0.717, 1.165) is 24.6 Å². The van der Waals surface area contributed by atoms with Gasteiger partial charge in [0.05, 0.1) is 6.33 Å². The SMILES string of the molecule is c1cn(CCCNc2ncns2)cn1. The van der Waals surface area contributed by atoms with Gasteiger partial charge in [0, 0.05) is 37.0 Å². The zero-order valence-corrected chi connectivity index (χ0v) is 8.44. The number of hydrogen-bond donors (Lipinski definition) is 1. The van der Waals surface area contributed by atoms with E-state index in [2.05, 4.69) is 24.2 Å². The Kier molecular flexibility index (Phi) is 3.07. The van der Waals surface area contributed by atoms with E-state index in [-0.39, 0.29) is 0 Å². The second-order valence-corrected chi connectivity index (χ2v) is 3.61. The van der Waals surface area contributed by atoms with Gasteiger partial charge in [-0.25, -0.2) is 9.97 Å².